The quantitative estimate of drug-likeness (QED) is 0.588. The molecule has 0 aliphatic rings. The molecule has 0 atom stereocenters. The molecule has 0 spiro atoms. The zero-order valence-corrected chi connectivity index (χ0v) is 17.0. The maximum absolute atomic E-state index is 2.70. The van der Waals surface area contributed by atoms with E-state index in [1.165, 1.54) is 0 Å². The van der Waals surface area contributed by atoms with E-state index in [1.54, 1.807) is 0 Å². The van der Waals surface area contributed by atoms with Gasteiger partial charge in [0.05, 0.1) is 0 Å². The Labute approximate surface area is 114 Å². The molecule has 104 valence electrons. The summed E-state index contributed by atoms with van der Waals surface area (Å²) < 4.78 is 0. The van der Waals surface area contributed by atoms with Crippen molar-refractivity contribution >= 4 is 23.7 Å². The Kier molecular flexibility index (Phi) is 6.44. The number of hydrogen-bond acceptors (Lipinski definition) is 0. The molecule has 3 heteroatoms. The van der Waals surface area contributed by atoms with Gasteiger partial charge in [-0.3, -0.25) is 8.55 Å². The van der Waals surface area contributed by atoms with Crippen LogP contribution in [0.5, 0.6) is 0 Å². The Balaban J connectivity index is 5.22. The maximum atomic E-state index is 2.70. The van der Waals surface area contributed by atoms with Crippen LogP contribution in [-0.2, 0) is 0 Å². The van der Waals surface area contributed by atoms with Crippen molar-refractivity contribution < 1.29 is 0 Å². The van der Waals surface area contributed by atoms with Crippen LogP contribution in [0.3, 0.4) is 0 Å². The Morgan fingerprint density at radius 3 is 0.824 bits per heavy atom. The fourth-order valence-electron chi connectivity index (χ4n) is 2.67. The highest BCUT2D eigenvalue weighted by Gasteiger charge is 2.35. The van der Waals surface area contributed by atoms with E-state index >= 15 is 0 Å². The van der Waals surface area contributed by atoms with Crippen LogP contribution in [0, 0.1) is 0 Å². The van der Waals surface area contributed by atoms with Crippen LogP contribution in [0.4, 0.5) is 0 Å². The molecule has 0 bridgehead atoms. The lowest BCUT2D eigenvalue weighted by atomic mass is 10.5. The van der Waals surface area contributed by atoms with Gasteiger partial charge in [-0.2, -0.15) is 0 Å². The first-order valence-corrected chi connectivity index (χ1v) is 16.3. The van der Waals surface area contributed by atoms with Crippen molar-refractivity contribution in [2.24, 2.45) is 0 Å². The smallest absolute Gasteiger partial charge is 0.0678 e. The van der Waals surface area contributed by atoms with Gasteiger partial charge >= 0.3 is 0 Å². The van der Waals surface area contributed by atoms with Crippen LogP contribution in [0.2, 0.25) is 35.3 Å². The third-order valence-corrected chi connectivity index (χ3v) is 39.7. The van der Waals surface area contributed by atoms with Crippen LogP contribution in [0.1, 0.15) is 55.4 Å². The van der Waals surface area contributed by atoms with Gasteiger partial charge in [-0.1, -0.05) is 106 Å². The summed E-state index contributed by atoms with van der Waals surface area (Å²) in [6, 6.07) is 0. The van der Waals surface area contributed by atoms with E-state index in [1.807, 2.05) is 0 Å². The predicted octanol–water partition coefficient (Wildman–Crippen LogP) is 5.21. The SMILES string of the molecule is CC(C)[Si](C)([SiH-][Si](C)(C(C)C)C(C)C)C(C)C. The lowest BCUT2D eigenvalue weighted by molar-refractivity contribution is 0.917. The van der Waals surface area contributed by atoms with Gasteiger partial charge in [0, 0.05) is 0 Å². The molecule has 0 unspecified atom stereocenters. The highest BCUT2D eigenvalue weighted by Crippen LogP contribution is 2.39. The lowest BCUT2D eigenvalue weighted by Gasteiger charge is -2.56. The minimum Gasteiger partial charge on any atom is -0.270 e. The molecule has 0 radical (unpaired) electrons. The molecule has 0 fully saturated rings. The van der Waals surface area contributed by atoms with E-state index < -0.39 is 15.2 Å². The van der Waals surface area contributed by atoms with Gasteiger partial charge in [-0.15, -0.1) is 0 Å². The van der Waals surface area contributed by atoms with Crippen molar-refractivity contribution in [3.63, 3.8) is 0 Å². The zero-order chi connectivity index (χ0) is 14.0. The van der Waals surface area contributed by atoms with Crippen molar-refractivity contribution in [3.05, 3.63) is 0 Å². The highest BCUT2D eigenvalue weighted by atomic mass is 29.6. The second kappa shape index (κ2) is 6.20. The molecule has 0 rings (SSSR count). The molecule has 0 aromatic carbocycles. The van der Waals surface area contributed by atoms with E-state index in [9.17, 15) is 0 Å². The Morgan fingerprint density at radius 1 is 0.529 bits per heavy atom. The maximum Gasteiger partial charge on any atom is -0.0678 e. The first-order chi connectivity index (χ1) is 7.48. The fraction of sp³-hybridized carbons (Fsp3) is 1.00. The Bertz CT molecular complexity index is 192. The lowest BCUT2D eigenvalue weighted by Crippen LogP contribution is -2.60. The molecule has 0 aliphatic carbocycles. The van der Waals surface area contributed by atoms with Crippen molar-refractivity contribution in [3.8, 4) is 0 Å². The molecule has 0 saturated carbocycles. The summed E-state index contributed by atoms with van der Waals surface area (Å²) in [4.78, 5) is 0. The van der Waals surface area contributed by atoms with Crippen LogP contribution in [0.15, 0.2) is 0 Å². The monoisotopic (exact) mass is 287 g/mol. The van der Waals surface area contributed by atoms with E-state index in [4.69, 9.17) is 0 Å². The predicted molar refractivity (Wildman–Crippen MR) is 90.8 cm³/mol. The molecule has 0 saturated heterocycles. The van der Waals surface area contributed by atoms with Crippen LogP contribution in [0.25, 0.3) is 0 Å². The van der Waals surface area contributed by atoms with Crippen molar-refractivity contribution in [2.75, 3.05) is 0 Å². The molecule has 0 amide bonds. The van der Waals surface area contributed by atoms with E-state index in [0.29, 0.717) is 0 Å². The average Bonchev–Trinajstić information content (AvgIpc) is 2.15. The standard InChI is InChI=1S/C14H35Si3/c1-11(2)16(9,12(3)4)15-17(10,13(5)6)14(7)8/h11-15H,1-10H3/q-1. The van der Waals surface area contributed by atoms with Crippen molar-refractivity contribution in [2.45, 2.75) is 90.6 Å². The Hall–Kier alpha value is 0.651. The number of hydrogen-bond donors (Lipinski definition) is 0. The second-order valence-electron chi connectivity index (χ2n) is 7.50. The first-order valence-electron chi connectivity index (χ1n) is 7.35. The summed E-state index contributed by atoms with van der Waals surface area (Å²) in [6.07, 6.45) is 0. The minimum absolute atomic E-state index is 0.727. The molecule has 0 aromatic heterocycles. The fourth-order valence-corrected chi connectivity index (χ4v) is 40.1. The third-order valence-electron chi connectivity index (χ3n) is 5.60. The van der Waals surface area contributed by atoms with Gasteiger partial charge in [0.1, 0.15) is 0 Å². The highest BCUT2D eigenvalue weighted by molar-refractivity contribution is 7.54. The van der Waals surface area contributed by atoms with Gasteiger partial charge in [0.25, 0.3) is 0 Å². The molecular weight excluding hydrogens is 252 g/mol. The molecular formula is C14H35Si3-. The first kappa shape index (κ1) is 17.7. The summed E-state index contributed by atoms with van der Waals surface area (Å²) in [5.41, 5.74) is 3.84. The Morgan fingerprint density at radius 2 is 0.706 bits per heavy atom. The zero-order valence-electron chi connectivity index (χ0n) is 13.9. The molecule has 0 aliphatic heterocycles. The topological polar surface area (TPSA) is 0 Å². The van der Waals surface area contributed by atoms with Crippen molar-refractivity contribution in [1.82, 2.24) is 0 Å². The van der Waals surface area contributed by atoms with Crippen LogP contribution < -0.4 is 0 Å². The molecule has 0 heterocycles. The van der Waals surface area contributed by atoms with Crippen molar-refractivity contribution in [1.29, 1.82) is 0 Å². The van der Waals surface area contributed by atoms with Gasteiger partial charge in [-0.25, -0.2) is 0 Å². The van der Waals surface area contributed by atoms with Gasteiger partial charge in [0.2, 0.25) is 0 Å². The molecule has 0 N–H and O–H groups in total. The second-order valence-corrected chi connectivity index (χ2v) is 28.8. The van der Waals surface area contributed by atoms with Crippen LogP contribution in [-0.4, -0.2) is 23.7 Å². The van der Waals surface area contributed by atoms with E-state index in [2.05, 4.69) is 68.5 Å². The summed E-state index contributed by atoms with van der Waals surface area (Å²) >= 11 is 0. The normalized spacial score (nSPS) is 14.5. The van der Waals surface area contributed by atoms with Crippen LogP contribution >= 0.6 is 0 Å². The average molecular weight is 288 g/mol. The summed E-state index contributed by atoms with van der Waals surface area (Å²) in [5.74, 6) is 0. The summed E-state index contributed by atoms with van der Waals surface area (Å²) in [7, 11) is -1.31. The van der Waals surface area contributed by atoms with Gasteiger partial charge in [-0.05, 0) is 0 Å². The van der Waals surface area contributed by atoms with E-state index in [-0.39, 0.29) is 0 Å². The molecule has 0 aromatic rings. The minimum atomic E-state index is -1.02. The van der Waals surface area contributed by atoms with Gasteiger partial charge in [0.15, 0.2) is 0 Å². The summed E-state index contributed by atoms with van der Waals surface area (Å²) in [6.45, 7) is 25.4. The number of rotatable bonds is 6. The largest absolute Gasteiger partial charge is 0.270 e. The van der Waals surface area contributed by atoms with E-state index in [0.717, 1.165) is 30.7 Å². The van der Waals surface area contributed by atoms with Gasteiger partial charge < -0.3 is 0 Å². The molecule has 17 heavy (non-hydrogen) atoms. The third kappa shape index (κ3) is 3.80. The summed E-state index contributed by atoms with van der Waals surface area (Å²) in [5, 5.41) is 0. The molecule has 0 nitrogen and oxygen atoms in total.